The van der Waals surface area contributed by atoms with Crippen molar-refractivity contribution >= 4 is 27.8 Å². The number of sulfonamides is 1. The Hall–Kier alpha value is -2.28. The number of amides is 3. The molecule has 32 heavy (non-hydrogen) atoms. The van der Waals surface area contributed by atoms with E-state index in [0.29, 0.717) is 64.7 Å². The number of imide groups is 1. The Balaban J connectivity index is 1.32. The van der Waals surface area contributed by atoms with Crippen LogP contribution in [0.15, 0.2) is 23.2 Å². The molecule has 1 unspecified atom stereocenters. The minimum Gasteiger partial charge on any atom is -0.379 e. The molecule has 0 spiro atoms. The summed E-state index contributed by atoms with van der Waals surface area (Å²) in [5.41, 5.74) is 0. The first-order valence-electron chi connectivity index (χ1n) is 11.0. The van der Waals surface area contributed by atoms with E-state index in [1.807, 2.05) is 6.92 Å². The first-order valence-corrected chi connectivity index (χ1v) is 12.5. The lowest BCUT2D eigenvalue weighted by molar-refractivity contribution is -0.129. The maximum Gasteiger partial charge on any atom is 0.325 e. The molecule has 0 saturated carbocycles. The standard InChI is InChI=1S/C20H30N6O5S/c1-2-3-17-19(27)26(20(28)22-17)15-23-6-8-24(9-7-23)18-5-4-16(14-21-18)32(29,30)25-10-12-31-13-11-25/h4-5,14,17H,2-3,6-13,15H2,1H3,(H,22,28). The van der Waals surface area contributed by atoms with E-state index in [0.717, 1.165) is 6.42 Å². The van der Waals surface area contributed by atoms with Crippen molar-refractivity contribution in [3.63, 3.8) is 0 Å². The van der Waals surface area contributed by atoms with E-state index >= 15 is 0 Å². The maximum absolute atomic E-state index is 12.7. The Labute approximate surface area is 188 Å². The van der Waals surface area contributed by atoms with Gasteiger partial charge in [-0.05, 0) is 18.6 Å². The number of morpholine rings is 1. The van der Waals surface area contributed by atoms with Gasteiger partial charge in [-0.25, -0.2) is 23.1 Å². The topological polar surface area (TPSA) is 115 Å². The number of ether oxygens (including phenoxy) is 1. The molecular formula is C20H30N6O5S. The van der Waals surface area contributed by atoms with Crippen molar-refractivity contribution < 1.29 is 22.7 Å². The van der Waals surface area contributed by atoms with Gasteiger partial charge in [0, 0.05) is 45.5 Å². The molecule has 1 atom stereocenters. The number of carbonyl (C=O) groups excluding carboxylic acids is 2. The van der Waals surface area contributed by atoms with Crippen LogP contribution in [0.2, 0.25) is 0 Å². The van der Waals surface area contributed by atoms with Gasteiger partial charge in [0.05, 0.1) is 19.9 Å². The van der Waals surface area contributed by atoms with Crippen molar-refractivity contribution in [3.05, 3.63) is 18.3 Å². The van der Waals surface area contributed by atoms with Crippen molar-refractivity contribution in [2.45, 2.75) is 30.7 Å². The van der Waals surface area contributed by atoms with Crippen molar-refractivity contribution in [1.29, 1.82) is 0 Å². The van der Waals surface area contributed by atoms with Crippen molar-refractivity contribution in [1.82, 2.24) is 24.4 Å². The van der Waals surface area contributed by atoms with E-state index in [-0.39, 0.29) is 23.5 Å². The number of piperazine rings is 1. The fourth-order valence-electron chi connectivity index (χ4n) is 4.16. The molecule has 1 aromatic rings. The maximum atomic E-state index is 12.7. The summed E-state index contributed by atoms with van der Waals surface area (Å²) in [6.07, 6.45) is 2.90. The van der Waals surface area contributed by atoms with Gasteiger partial charge in [0.25, 0.3) is 5.91 Å². The fraction of sp³-hybridized carbons (Fsp3) is 0.650. The zero-order valence-corrected chi connectivity index (χ0v) is 19.1. The highest BCUT2D eigenvalue weighted by molar-refractivity contribution is 7.89. The average Bonchev–Trinajstić information content (AvgIpc) is 3.08. The number of nitrogens with zero attached hydrogens (tertiary/aromatic N) is 5. The van der Waals surface area contributed by atoms with Crippen LogP contribution < -0.4 is 10.2 Å². The predicted octanol–water partition coefficient (Wildman–Crippen LogP) is -0.0975. The Morgan fingerprint density at radius 3 is 2.44 bits per heavy atom. The molecule has 12 heteroatoms. The van der Waals surface area contributed by atoms with Crippen LogP contribution in [0.3, 0.4) is 0 Å². The summed E-state index contributed by atoms with van der Waals surface area (Å²) in [5.74, 6) is 0.557. The Kier molecular flexibility index (Phi) is 6.93. The van der Waals surface area contributed by atoms with Gasteiger partial charge in [-0.2, -0.15) is 4.31 Å². The number of anilines is 1. The molecule has 3 aliphatic heterocycles. The quantitative estimate of drug-likeness (QED) is 0.554. The molecule has 4 heterocycles. The van der Waals surface area contributed by atoms with Gasteiger partial charge in [-0.3, -0.25) is 9.69 Å². The molecule has 3 saturated heterocycles. The summed E-state index contributed by atoms with van der Waals surface area (Å²) in [4.78, 5) is 34.6. The molecule has 4 rings (SSSR count). The van der Waals surface area contributed by atoms with Crippen LogP contribution in [0.25, 0.3) is 0 Å². The molecule has 0 aromatic carbocycles. The number of rotatable bonds is 7. The van der Waals surface area contributed by atoms with Crippen LogP contribution >= 0.6 is 0 Å². The van der Waals surface area contributed by atoms with E-state index in [2.05, 4.69) is 20.1 Å². The van der Waals surface area contributed by atoms with Crippen LogP contribution in [-0.2, 0) is 19.6 Å². The second-order valence-electron chi connectivity index (χ2n) is 8.17. The first kappa shape index (κ1) is 22.9. The fourth-order valence-corrected chi connectivity index (χ4v) is 5.52. The van der Waals surface area contributed by atoms with E-state index < -0.39 is 16.1 Å². The van der Waals surface area contributed by atoms with Crippen LogP contribution in [0.1, 0.15) is 19.8 Å². The molecular weight excluding hydrogens is 436 g/mol. The SMILES string of the molecule is CCCC1NC(=O)N(CN2CCN(c3ccc(S(=O)(=O)N4CCOCC4)cn3)CC2)C1=O. The molecule has 3 amide bonds. The Morgan fingerprint density at radius 1 is 1.09 bits per heavy atom. The number of urea groups is 1. The second kappa shape index (κ2) is 9.69. The zero-order valence-electron chi connectivity index (χ0n) is 18.3. The van der Waals surface area contributed by atoms with Crippen LogP contribution in [0.4, 0.5) is 10.6 Å². The molecule has 0 radical (unpaired) electrons. The largest absolute Gasteiger partial charge is 0.379 e. The lowest BCUT2D eigenvalue weighted by Crippen LogP contribution is -2.51. The van der Waals surface area contributed by atoms with E-state index in [9.17, 15) is 18.0 Å². The highest BCUT2D eigenvalue weighted by Crippen LogP contribution is 2.20. The number of hydrogen-bond donors (Lipinski definition) is 1. The van der Waals surface area contributed by atoms with Gasteiger partial charge in [0.2, 0.25) is 10.0 Å². The van der Waals surface area contributed by atoms with Crippen molar-refractivity contribution in [2.24, 2.45) is 0 Å². The number of pyridine rings is 1. The van der Waals surface area contributed by atoms with Crippen LogP contribution in [0.5, 0.6) is 0 Å². The molecule has 0 bridgehead atoms. The van der Waals surface area contributed by atoms with E-state index in [1.165, 1.54) is 15.4 Å². The molecule has 1 N–H and O–H groups in total. The molecule has 0 aliphatic carbocycles. The Morgan fingerprint density at radius 2 is 1.81 bits per heavy atom. The van der Waals surface area contributed by atoms with E-state index in [1.54, 1.807) is 12.1 Å². The molecule has 11 nitrogen and oxygen atoms in total. The Bertz CT molecular complexity index is 926. The minimum atomic E-state index is -3.56. The summed E-state index contributed by atoms with van der Waals surface area (Å²) in [7, 11) is -3.56. The first-order chi connectivity index (χ1) is 15.4. The third-order valence-electron chi connectivity index (χ3n) is 6.05. The molecule has 1 aromatic heterocycles. The second-order valence-corrected chi connectivity index (χ2v) is 10.1. The summed E-state index contributed by atoms with van der Waals surface area (Å²) >= 11 is 0. The van der Waals surface area contributed by atoms with Gasteiger partial charge < -0.3 is 15.0 Å². The average molecular weight is 467 g/mol. The van der Waals surface area contributed by atoms with Crippen molar-refractivity contribution in [2.75, 3.05) is 64.1 Å². The minimum absolute atomic E-state index is 0.155. The van der Waals surface area contributed by atoms with E-state index in [4.69, 9.17) is 4.74 Å². The lowest BCUT2D eigenvalue weighted by Gasteiger charge is -2.36. The molecule has 3 aliphatic rings. The third-order valence-corrected chi connectivity index (χ3v) is 7.93. The normalized spacial score (nSPS) is 23.6. The summed E-state index contributed by atoms with van der Waals surface area (Å²) < 4.78 is 32.1. The smallest absolute Gasteiger partial charge is 0.325 e. The van der Waals surface area contributed by atoms with Gasteiger partial charge in [-0.1, -0.05) is 13.3 Å². The number of carbonyl (C=O) groups is 2. The summed E-state index contributed by atoms with van der Waals surface area (Å²) in [6.45, 7) is 6.46. The zero-order chi connectivity index (χ0) is 22.7. The number of aromatic nitrogens is 1. The van der Waals surface area contributed by atoms with Crippen molar-refractivity contribution in [3.8, 4) is 0 Å². The predicted molar refractivity (Wildman–Crippen MR) is 117 cm³/mol. The monoisotopic (exact) mass is 466 g/mol. The van der Waals surface area contributed by atoms with Crippen LogP contribution in [0, 0.1) is 0 Å². The molecule has 176 valence electrons. The van der Waals surface area contributed by atoms with Crippen LogP contribution in [-0.4, -0.2) is 105 Å². The van der Waals surface area contributed by atoms with Gasteiger partial charge in [0.1, 0.15) is 16.8 Å². The van der Waals surface area contributed by atoms with Gasteiger partial charge >= 0.3 is 6.03 Å². The third kappa shape index (κ3) is 4.72. The molecule has 3 fully saturated rings. The van der Waals surface area contributed by atoms with Gasteiger partial charge in [-0.15, -0.1) is 0 Å². The van der Waals surface area contributed by atoms with Gasteiger partial charge in [0.15, 0.2) is 0 Å². The number of hydrogen-bond acceptors (Lipinski definition) is 8. The summed E-state index contributed by atoms with van der Waals surface area (Å²) in [6, 6.07) is 2.59. The highest BCUT2D eigenvalue weighted by atomic mass is 32.2. The summed E-state index contributed by atoms with van der Waals surface area (Å²) in [5, 5.41) is 2.75. The number of nitrogens with one attached hydrogen (secondary N) is 1. The highest BCUT2D eigenvalue weighted by Gasteiger charge is 2.38. The lowest BCUT2D eigenvalue weighted by atomic mass is 10.2.